The normalized spacial score (nSPS) is 12.1. The standard InChI is InChI=1S/C13H24N2S/c1-6-8-10-11(9-14-13(3,4)5)16-12(7-2)15-10/h14H,6-9H2,1-5H3. The van der Waals surface area contributed by atoms with Gasteiger partial charge in [-0.15, -0.1) is 11.3 Å². The number of nitrogens with zero attached hydrogens (tertiary/aromatic N) is 1. The summed E-state index contributed by atoms with van der Waals surface area (Å²) < 4.78 is 0. The van der Waals surface area contributed by atoms with E-state index in [4.69, 9.17) is 4.98 Å². The first-order chi connectivity index (χ1) is 7.46. The molecule has 0 atom stereocenters. The monoisotopic (exact) mass is 240 g/mol. The van der Waals surface area contributed by atoms with Crippen LogP contribution in [0, 0.1) is 0 Å². The van der Waals surface area contributed by atoms with Crippen molar-refractivity contribution in [3.63, 3.8) is 0 Å². The fourth-order valence-electron chi connectivity index (χ4n) is 1.50. The van der Waals surface area contributed by atoms with Crippen molar-refractivity contribution in [3.05, 3.63) is 15.6 Å². The molecule has 0 aliphatic heterocycles. The highest BCUT2D eigenvalue weighted by atomic mass is 32.1. The first kappa shape index (κ1) is 13.7. The van der Waals surface area contributed by atoms with Crippen LogP contribution in [0.3, 0.4) is 0 Å². The topological polar surface area (TPSA) is 24.9 Å². The van der Waals surface area contributed by atoms with E-state index in [1.165, 1.54) is 22.0 Å². The van der Waals surface area contributed by atoms with Gasteiger partial charge in [0.25, 0.3) is 0 Å². The van der Waals surface area contributed by atoms with Crippen LogP contribution in [0.25, 0.3) is 0 Å². The van der Waals surface area contributed by atoms with E-state index in [2.05, 4.69) is 39.9 Å². The lowest BCUT2D eigenvalue weighted by molar-refractivity contribution is 0.425. The molecule has 0 saturated heterocycles. The quantitative estimate of drug-likeness (QED) is 0.851. The second-order valence-corrected chi connectivity index (χ2v) is 6.35. The van der Waals surface area contributed by atoms with Crippen molar-refractivity contribution in [1.29, 1.82) is 0 Å². The molecule has 1 aromatic heterocycles. The second-order valence-electron chi connectivity index (χ2n) is 5.18. The molecule has 0 unspecified atom stereocenters. The Morgan fingerprint density at radius 3 is 2.44 bits per heavy atom. The third-order valence-corrected chi connectivity index (χ3v) is 3.63. The smallest absolute Gasteiger partial charge is 0.0928 e. The van der Waals surface area contributed by atoms with Crippen LogP contribution in [0.1, 0.15) is 56.6 Å². The number of hydrogen-bond acceptors (Lipinski definition) is 3. The van der Waals surface area contributed by atoms with Crippen molar-refractivity contribution in [1.82, 2.24) is 10.3 Å². The SMILES string of the molecule is CCCc1nc(CC)sc1CNC(C)(C)C. The van der Waals surface area contributed by atoms with E-state index in [1.807, 2.05) is 11.3 Å². The summed E-state index contributed by atoms with van der Waals surface area (Å²) in [5.41, 5.74) is 1.49. The van der Waals surface area contributed by atoms with Crippen LogP contribution in [-0.4, -0.2) is 10.5 Å². The summed E-state index contributed by atoms with van der Waals surface area (Å²) in [6.45, 7) is 12.0. The molecule has 0 aliphatic carbocycles. The number of aromatic nitrogens is 1. The molecule has 2 nitrogen and oxygen atoms in total. The Labute approximate surface area is 103 Å². The zero-order chi connectivity index (χ0) is 12.2. The van der Waals surface area contributed by atoms with Crippen molar-refractivity contribution >= 4 is 11.3 Å². The van der Waals surface area contributed by atoms with Gasteiger partial charge >= 0.3 is 0 Å². The van der Waals surface area contributed by atoms with Crippen LogP contribution in [-0.2, 0) is 19.4 Å². The predicted molar refractivity (Wildman–Crippen MR) is 72.1 cm³/mol. The average Bonchev–Trinajstić information content (AvgIpc) is 2.57. The van der Waals surface area contributed by atoms with Crippen LogP contribution in [0.15, 0.2) is 0 Å². The van der Waals surface area contributed by atoms with Crippen LogP contribution < -0.4 is 5.32 Å². The van der Waals surface area contributed by atoms with Crippen LogP contribution in [0.2, 0.25) is 0 Å². The molecule has 0 spiro atoms. The molecule has 1 N–H and O–H groups in total. The number of rotatable bonds is 5. The van der Waals surface area contributed by atoms with Crippen molar-refractivity contribution < 1.29 is 0 Å². The molecule has 1 aromatic rings. The molecule has 92 valence electrons. The van der Waals surface area contributed by atoms with Crippen molar-refractivity contribution in [2.45, 2.75) is 66.0 Å². The predicted octanol–water partition coefficient (Wildman–Crippen LogP) is 3.55. The molecule has 1 rings (SSSR count). The zero-order valence-electron chi connectivity index (χ0n) is 11.2. The molecule has 0 saturated carbocycles. The van der Waals surface area contributed by atoms with Gasteiger partial charge < -0.3 is 5.32 Å². The summed E-state index contributed by atoms with van der Waals surface area (Å²) in [4.78, 5) is 6.12. The van der Waals surface area contributed by atoms with Crippen molar-refractivity contribution in [3.8, 4) is 0 Å². The molecule has 0 fully saturated rings. The summed E-state index contributed by atoms with van der Waals surface area (Å²) >= 11 is 1.87. The largest absolute Gasteiger partial charge is 0.307 e. The molecule has 3 heteroatoms. The Morgan fingerprint density at radius 1 is 1.25 bits per heavy atom. The summed E-state index contributed by atoms with van der Waals surface area (Å²) in [5.74, 6) is 0. The van der Waals surface area contributed by atoms with Gasteiger partial charge in [-0.2, -0.15) is 0 Å². The second kappa shape index (κ2) is 5.78. The van der Waals surface area contributed by atoms with E-state index >= 15 is 0 Å². The van der Waals surface area contributed by atoms with E-state index < -0.39 is 0 Å². The molecule has 0 aromatic carbocycles. The Morgan fingerprint density at radius 2 is 1.94 bits per heavy atom. The van der Waals surface area contributed by atoms with Gasteiger partial charge in [-0.3, -0.25) is 0 Å². The van der Waals surface area contributed by atoms with Gasteiger partial charge in [0, 0.05) is 17.0 Å². The van der Waals surface area contributed by atoms with Gasteiger partial charge in [-0.25, -0.2) is 4.98 Å². The first-order valence-corrected chi connectivity index (χ1v) is 7.00. The Bertz CT molecular complexity index is 323. The third kappa shape index (κ3) is 4.22. The van der Waals surface area contributed by atoms with Gasteiger partial charge in [0.1, 0.15) is 0 Å². The van der Waals surface area contributed by atoms with Crippen LogP contribution >= 0.6 is 11.3 Å². The van der Waals surface area contributed by atoms with Gasteiger partial charge in [0.15, 0.2) is 0 Å². The molecular formula is C13H24N2S. The number of hydrogen-bond donors (Lipinski definition) is 1. The summed E-state index contributed by atoms with van der Waals surface area (Å²) in [6, 6.07) is 0. The maximum absolute atomic E-state index is 4.70. The van der Waals surface area contributed by atoms with Gasteiger partial charge in [-0.1, -0.05) is 20.3 Å². The summed E-state index contributed by atoms with van der Waals surface area (Å²) in [6.07, 6.45) is 3.34. The Hall–Kier alpha value is -0.410. The first-order valence-electron chi connectivity index (χ1n) is 6.18. The molecular weight excluding hydrogens is 216 g/mol. The molecule has 0 amide bonds. The van der Waals surface area contributed by atoms with E-state index in [-0.39, 0.29) is 5.54 Å². The van der Waals surface area contributed by atoms with E-state index in [0.717, 1.165) is 19.4 Å². The number of nitrogens with one attached hydrogen (secondary N) is 1. The minimum atomic E-state index is 0.180. The van der Waals surface area contributed by atoms with E-state index in [1.54, 1.807) is 0 Å². The van der Waals surface area contributed by atoms with Crippen molar-refractivity contribution in [2.75, 3.05) is 0 Å². The molecule has 16 heavy (non-hydrogen) atoms. The highest BCUT2D eigenvalue weighted by Crippen LogP contribution is 2.21. The maximum atomic E-state index is 4.70. The lowest BCUT2D eigenvalue weighted by Crippen LogP contribution is -2.35. The molecule has 0 radical (unpaired) electrons. The Balaban J connectivity index is 2.72. The summed E-state index contributed by atoms with van der Waals surface area (Å²) in [5, 5.41) is 4.82. The highest BCUT2D eigenvalue weighted by Gasteiger charge is 2.13. The molecule has 0 aliphatic rings. The average molecular weight is 240 g/mol. The van der Waals surface area contributed by atoms with Crippen LogP contribution in [0.4, 0.5) is 0 Å². The van der Waals surface area contributed by atoms with Crippen LogP contribution in [0.5, 0.6) is 0 Å². The van der Waals surface area contributed by atoms with Gasteiger partial charge in [-0.05, 0) is 33.6 Å². The van der Waals surface area contributed by atoms with E-state index in [0.29, 0.717) is 0 Å². The lowest BCUT2D eigenvalue weighted by Gasteiger charge is -2.20. The maximum Gasteiger partial charge on any atom is 0.0928 e. The minimum Gasteiger partial charge on any atom is -0.307 e. The fraction of sp³-hybridized carbons (Fsp3) is 0.769. The number of thiazole rings is 1. The zero-order valence-corrected chi connectivity index (χ0v) is 12.0. The molecule has 1 heterocycles. The Kier molecular flexibility index (Phi) is 4.93. The van der Waals surface area contributed by atoms with Gasteiger partial charge in [0.2, 0.25) is 0 Å². The van der Waals surface area contributed by atoms with E-state index in [9.17, 15) is 0 Å². The third-order valence-electron chi connectivity index (χ3n) is 2.39. The minimum absolute atomic E-state index is 0.180. The molecule has 0 bridgehead atoms. The van der Waals surface area contributed by atoms with Gasteiger partial charge in [0.05, 0.1) is 10.7 Å². The number of aryl methyl sites for hydroxylation is 2. The summed E-state index contributed by atoms with van der Waals surface area (Å²) in [7, 11) is 0. The van der Waals surface area contributed by atoms with Crippen molar-refractivity contribution in [2.24, 2.45) is 0 Å². The fourth-order valence-corrected chi connectivity index (χ4v) is 2.50. The highest BCUT2D eigenvalue weighted by molar-refractivity contribution is 7.11. The lowest BCUT2D eigenvalue weighted by atomic mass is 10.1.